The predicted molar refractivity (Wildman–Crippen MR) is 106 cm³/mol. The number of hydrogen-bond acceptors (Lipinski definition) is 3. The Hall–Kier alpha value is -2.14. The Balaban J connectivity index is 2.30. The van der Waals surface area contributed by atoms with Gasteiger partial charge < -0.3 is 4.90 Å². The van der Waals surface area contributed by atoms with Gasteiger partial charge in [0.2, 0.25) is 0 Å². The van der Waals surface area contributed by atoms with E-state index in [2.05, 4.69) is 37.9 Å². The van der Waals surface area contributed by atoms with E-state index in [1.165, 1.54) is 11.1 Å². The number of hydrogen-bond donors (Lipinski definition) is 1. The summed E-state index contributed by atoms with van der Waals surface area (Å²) < 4.78 is 22.2. The first-order chi connectivity index (χ1) is 11.9. The fourth-order valence-electron chi connectivity index (χ4n) is 2.66. The second-order valence-corrected chi connectivity index (χ2v) is 7.30. The zero-order valence-corrected chi connectivity index (χ0v) is 16.2. The van der Waals surface area contributed by atoms with Crippen molar-refractivity contribution < 1.29 is 8.42 Å². The van der Waals surface area contributed by atoms with E-state index in [0.29, 0.717) is 0 Å². The largest absolute Gasteiger partial charge is 0.366 e. The van der Waals surface area contributed by atoms with Crippen molar-refractivity contribution in [1.29, 1.82) is 0 Å². The van der Waals surface area contributed by atoms with Crippen LogP contribution >= 0.6 is 0 Å². The number of thiol groups is 1. The van der Waals surface area contributed by atoms with Gasteiger partial charge in [0.15, 0.2) is 0 Å². The monoisotopic (exact) mass is 358 g/mol. The number of aryl methyl sites for hydroxylation is 2. The fourth-order valence-corrected chi connectivity index (χ4v) is 3.25. The van der Waals surface area contributed by atoms with Crippen LogP contribution in [0, 0.1) is 13.8 Å². The van der Waals surface area contributed by atoms with Crippen LogP contribution in [0.4, 0.5) is 5.69 Å². The Bertz CT molecular complexity index is 834. The van der Waals surface area contributed by atoms with Crippen LogP contribution in [0.5, 0.6) is 0 Å². The van der Waals surface area contributed by atoms with Gasteiger partial charge in [0.1, 0.15) is 10.7 Å². The van der Waals surface area contributed by atoms with Crippen molar-refractivity contribution in [2.24, 2.45) is 4.99 Å². The lowest BCUT2D eigenvalue weighted by atomic mass is 9.95. The molecule has 0 bridgehead atoms. The van der Waals surface area contributed by atoms with E-state index in [4.69, 9.17) is 0 Å². The second kappa shape index (κ2) is 8.81. The van der Waals surface area contributed by atoms with Gasteiger partial charge in [-0.3, -0.25) is 0 Å². The first-order valence-corrected chi connectivity index (χ1v) is 9.80. The molecule has 0 fully saturated rings. The molecule has 0 spiro atoms. The molecule has 0 atom stereocenters. The van der Waals surface area contributed by atoms with E-state index >= 15 is 0 Å². The zero-order valence-electron chi connectivity index (χ0n) is 15.3. The van der Waals surface area contributed by atoms with Gasteiger partial charge in [0, 0.05) is 13.6 Å². The Kier molecular flexibility index (Phi) is 6.76. The van der Waals surface area contributed by atoms with E-state index in [1.54, 1.807) is 0 Å². The number of aliphatic imine (C=N–C) groups is 1. The average molecular weight is 359 g/mol. The van der Waals surface area contributed by atoms with Crippen molar-refractivity contribution in [3.8, 4) is 0 Å². The summed E-state index contributed by atoms with van der Waals surface area (Å²) in [7, 11) is -0.426. The maximum Gasteiger partial charge on any atom is 0.144 e. The molecule has 4 nitrogen and oxygen atoms in total. The highest BCUT2D eigenvalue weighted by Crippen LogP contribution is 2.26. The van der Waals surface area contributed by atoms with Crippen LogP contribution in [-0.2, 0) is 22.9 Å². The Morgan fingerprint density at radius 3 is 2.36 bits per heavy atom. The molecule has 134 valence electrons. The third kappa shape index (κ3) is 5.43. The second-order valence-electron chi connectivity index (χ2n) is 6.32. The standard InChI is InChI=1S/C20H26N2O2S/c1-5-22(4)14-21-20-11-15(2)19(10-16(20)3)12-17-8-6-7-9-18(17)13-25(23)24/h6-11,14,25H,5,12-13H2,1-4H3. The van der Waals surface area contributed by atoms with Crippen molar-refractivity contribution in [3.05, 3.63) is 64.2 Å². The summed E-state index contributed by atoms with van der Waals surface area (Å²) >= 11 is 0. The molecule has 0 heterocycles. The normalized spacial score (nSPS) is 11.4. The smallest absolute Gasteiger partial charge is 0.144 e. The molecule has 0 unspecified atom stereocenters. The van der Waals surface area contributed by atoms with Gasteiger partial charge in [0.05, 0.1) is 17.8 Å². The van der Waals surface area contributed by atoms with Crippen LogP contribution in [0.2, 0.25) is 0 Å². The molecule has 2 aromatic carbocycles. The van der Waals surface area contributed by atoms with Gasteiger partial charge in [-0.05, 0) is 61.1 Å². The SMILES string of the molecule is CCN(C)C=Nc1cc(C)c(Cc2ccccc2C[SH](=O)=O)cc1C. The first-order valence-electron chi connectivity index (χ1n) is 8.43. The van der Waals surface area contributed by atoms with Crippen LogP contribution in [0.25, 0.3) is 0 Å². The van der Waals surface area contributed by atoms with Gasteiger partial charge in [-0.2, -0.15) is 0 Å². The molecule has 2 aromatic rings. The molecular formula is C20H26N2O2S. The van der Waals surface area contributed by atoms with Crippen molar-refractivity contribution in [3.63, 3.8) is 0 Å². The highest BCUT2D eigenvalue weighted by Gasteiger charge is 2.08. The molecule has 25 heavy (non-hydrogen) atoms. The number of rotatable bonds is 7. The molecule has 0 aromatic heterocycles. The van der Waals surface area contributed by atoms with Gasteiger partial charge in [-0.1, -0.05) is 30.3 Å². The van der Waals surface area contributed by atoms with E-state index in [1.807, 2.05) is 42.6 Å². The van der Waals surface area contributed by atoms with Crippen molar-refractivity contribution in [1.82, 2.24) is 4.90 Å². The molecular weight excluding hydrogens is 332 g/mol. The molecule has 0 saturated carbocycles. The van der Waals surface area contributed by atoms with E-state index < -0.39 is 10.7 Å². The van der Waals surface area contributed by atoms with Crippen LogP contribution in [0.15, 0.2) is 41.4 Å². The van der Waals surface area contributed by atoms with Gasteiger partial charge >= 0.3 is 0 Å². The molecule has 0 aliphatic rings. The van der Waals surface area contributed by atoms with Crippen LogP contribution < -0.4 is 0 Å². The van der Waals surface area contributed by atoms with Crippen molar-refractivity contribution in [2.75, 3.05) is 13.6 Å². The van der Waals surface area contributed by atoms with Gasteiger partial charge in [-0.15, -0.1) is 0 Å². The third-order valence-electron chi connectivity index (χ3n) is 4.35. The molecule has 0 aliphatic carbocycles. The highest BCUT2D eigenvalue weighted by atomic mass is 32.2. The summed E-state index contributed by atoms with van der Waals surface area (Å²) in [6, 6.07) is 12.0. The van der Waals surface area contributed by atoms with Crippen molar-refractivity contribution >= 4 is 22.7 Å². The lowest BCUT2D eigenvalue weighted by Crippen LogP contribution is -2.14. The number of nitrogens with zero attached hydrogens (tertiary/aromatic N) is 2. The minimum Gasteiger partial charge on any atom is -0.366 e. The molecule has 0 amide bonds. The lowest BCUT2D eigenvalue weighted by Gasteiger charge is -2.13. The highest BCUT2D eigenvalue weighted by molar-refractivity contribution is 7.71. The van der Waals surface area contributed by atoms with E-state index in [0.717, 1.165) is 35.3 Å². The molecule has 5 heteroatoms. The van der Waals surface area contributed by atoms with Crippen LogP contribution in [0.3, 0.4) is 0 Å². The molecule has 0 saturated heterocycles. The summed E-state index contributed by atoms with van der Waals surface area (Å²) in [6.07, 6.45) is 2.58. The fraction of sp³-hybridized carbons (Fsp3) is 0.350. The maximum absolute atomic E-state index is 11.1. The summed E-state index contributed by atoms with van der Waals surface area (Å²) in [5, 5.41) is 0. The van der Waals surface area contributed by atoms with E-state index in [9.17, 15) is 8.42 Å². The molecule has 0 radical (unpaired) electrons. The summed E-state index contributed by atoms with van der Waals surface area (Å²) in [5.41, 5.74) is 6.40. The Morgan fingerprint density at radius 1 is 1.04 bits per heavy atom. The quantitative estimate of drug-likeness (QED) is 0.467. The van der Waals surface area contributed by atoms with Gasteiger partial charge in [0.25, 0.3) is 0 Å². The van der Waals surface area contributed by atoms with Crippen LogP contribution in [-0.4, -0.2) is 33.2 Å². The van der Waals surface area contributed by atoms with Crippen molar-refractivity contribution in [2.45, 2.75) is 32.9 Å². The average Bonchev–Trinajstić information content (AvgIpc) is 2.57. The summed E-state index contributed by atoms with van der Waals surface area (Å²) in [5.74, 6) is 0.0925. The maximum atomic E-state index is 11.1. The predicted octanol–water partition coefficient (Wildman–Crippen LogP) is 3.62. The number of benzene rings is 2. The Labute approximate surface area is 152 Å². The first kappa shape index (κ1) is 19.2. The molecule has 2 rings (SSSR count). The third-order valence-corrected chi connectivity index (χ3v) is 4.94. The van der Waals surface area contributed by atoms with E-state index in [-0.39, 0.29) is 5.75 Å². The zero-order chi connectivity index (χ0) is 18.4. The van der Waals surface area contributed by atoms with Crippen LogP contribution in [0.1, 0.15) is 34.7 Å². The molecule has 0 N–H and O–H groups in total. The minimum absolute atomic E-state index is 0.0925. The summed E-state index contributed by atoms with van der Waals surface area (Å²) in [6.45, 7) is 7.13. The minimum atomic E-state index is -2.42. The molecule has 0 aliphatic heterocycles. The lowest BCUT2D eigenvalue weighted by molar-refractivity contribution is 0.552. The Morgan fingerprint density at radius 2 is 1.72 bits per heavy atom. The topological polar surface area (TPSA) is 49.7 Å². The van der Waals surface area contributed by atoms with Gasteiger partial charge in [-0.25, -0.2) is 13.4 Å². The summed E-state index contributed by atoms with van der Waals surface area (Å²) in [4.78, 5) is 6.59.